The number of carboxylic acid groups (broad SMARTS) is 1. The zero-order chi connectivity index (χ0) is 14.5. The second-order valence-corrected chi connectivity index (χ2v) is 5.70. The number of thiazole rings is 1. The van der Waals surface area contributed by atoms with E-state index in [9.17, 15) is 9.59 Å². The van der Waals surface area contributed by atoms with Crippen molar-refractivity contribution in [3.63, 3.8) is 0 Å². The number of rotatable bonds is 4. The normalized spacial score (nSPS) is 18.9. The van der Waals surface area contributed by atoms with E-state index in [1.165, 1.54) is 16.7 Å². The minimum atomic E-state index is -1.03. The van der Waals surface area contributed by atoms with Crippen LogP contribution in [0.4, 0.5) is 4.79 Å². The molecule has 2 amide bonds. The zero-order valence-corrected chi connectivity index (χ0v) is 11.9. The number of carbonyl (C=O) groups is 2. The lowest BCUT2D eigenvalue weighted by Crippen LogP contribution is -2.49. The van der Waals surface area contributed by atoms with Crippen LogP contribution in [0.5, 0.6) is 0 Å². The summed E-state index contributed by atoms with van der Waals surface area (Å²) in [7, 11) is 0. The molecule has 0 saturated carbocycles. The first-order chi connectivity index (χ1) is 9.56. The number of aromatic nitrogens is 1. The Hall–Kier alpha value is -1.67. The molecular formula is C12H18N4O3S. The number of aromatic carboxylic acids is 1. The summed E-state index contributed by atoms with van der Waals surface area (Å²) in [5.74, 6) is -1.03. The summed E-state index contributed by atoms with van der Waals surface area (Å²) in [6.07, 6.45) is 2.42. The third-order valence-corrected chi connectivity index (χ3v) is 4.04. The van der Waals surface area contributed by atoms with E-state index in [2.05, 4.69) is 10.3 Å². The third-order valence-electron chi connectivity index (χ3n) is 3.13. The average Bonchev–Trinajstić information content (AvgIpc) is 2.87. The Morgan fingerprint density at radius 3 is 3.05 bits per heavy atom. The molecule has 1 fully saturated rings. The largest absolute Gasteiger partial charge is 0.476 e. The van der Waals surface area contributed by atoms with E-state index in [1.54, 1.807) is 4.90 Å². The number of nitrogens with zero attached hydrogens (tertiary/aromatic N) is 2. The molecule has 1 aromatic rings. The van der Waals surface area contributed by atoms with Crippen LogP contribution in [0.3, 0.4) is 0 Å². The summed E-state index contributed by atoms with van der Waals surface area (Å²) in [5.41, 5.74) is 5.88. The molecule has 110 valence electrons. The molecule has 1 aliphatic heterocycles. The zero-order valence-electron chi connectivity index (χ0n) is 11.0. The van der Waals surface area contributed by atoms with Crippen LogP contribution in [0.25, 0.3) is 0 Å². The van der Waals surface area contributed by atoms with Crippen LogP contribution >= 0.6 is 11.3 Å². The van der Waals surface area contributed by atoms with E-state index in [0.29, 0.717) is 24.5 Å². The molecule has 20 heavy (non-hydrogen) atoms. The van der Waals surface area contributed by atoms with E-state index < -0.39 is 5.97 Å². The van der Waals surface area contributed by atoms with Gasteiger partial charge in [-0.3, -0.25) is 0 Å². The summed E-state index contributed by atoms with van der Waals surface area (Å²) in [5, 5.41) is 13.8. The van der Waals surface area contributed by atoms with Crippen LogP contribution in [-0.4, -0.2) is 52.7 Å². The molecular weight excluding hydrogens is 280 g/mol. The maximum Gasteiger partial charge on any atom is 0.355 e. The molecule has 4 N–H and O–H groups in total. The maximum atomic E-state index is 11.9. The first kappa shape index (κ1) is 14.7. The third kappa shape index (κ3) is 3.91. The number of nitrogens with one attached hydrogen (secondary N) is 1. The summed E-state index contributed by atoms with van der Waals surface area (Å²) in [4.78, 5) is 28.3. The van der Waals surface area contributed by atoms with Crippen molar-refractivity contribution in [3.8, 4) is 0 Å². The van der Waals surface area contributed by atoms with Gasteiger partial charge in [-0.1, -0.05) is 0 Å². The molecule has 1 atom stereocenters. The van der Waals surface area contributed by atoms with Crippen molar-refractivity contribution in [2.45, 2.75) is 25.3 Å². The summed E-state index contributed by atoms with van der Waals surface area (Å²) >= 11 is 1.29. The molecule has 0 spiro atoms. The summed E-state index contributed by atoms with van der Waals surface area (Å²) in [6.45, 7) is 1.77. The number of urea groups is 1. The smallest absolute Gasteiger partial charge is 0.355 e. The number of carboxylic acids is 1. The van der Waals surface area contributed by atoms with Gasteiger partial charge < -0.3 is 21.1 Å². The van der Waals surface area contributed by atoms with Crippen molar-refractivity contribution in [1.82, 2.24) is 15.2 Å². The van der Waals surface area contributed by atoms with Gasteiger partial charge >= 0.3 is 12.0 Å². The highest BCUT2D eigenvalue weighted by atomic mass is 32.1. The van der Waals surface area contributed by atoms with Crippen LogP contribution in [-0.2, 0) is 6.42 Å². The molecule has 7 nitrogen and oxygen atoms in total. The molecule has 1 unspecified atom stereocenters. The molecule has 0 radical (unpaired) electrons. The molecule has 0 aliphatic carbocycles. The van der Waals surface area contributed by atoms with Crippen LogP contribution < -0.4 is 11.1 Å². The fourth-order valence-corrected chi connectivity index (χ4v) is 2.88. The number of hydrogen-bond acceptors (Lipinski definition) is 5. The first-order valence-electron chi connectivity index (χ1n) is 6.52. The summed E-state index contributed by atoms with van der Waals surface area (Å²) in [6, 6.07) is -0.0539. The Balaban J connectivity index is 1.74. The van der Waals surface area contributed by atoms with Gasteiger partial charge in [0.15, 0.2) is 5.69 Å². The van der Waals surface area contributed by atoms with Gasteiger partial charge in [0.1, 0.15) is 0 Å². The van der Waals surface area contributed by atoms with Gasteiger partial charge in [0.25, 0.3) is 0 Å². The first-order valence-corrected chi connectivity index (χ1v) is 7.40. The second-order valence-electron chi connectivity index (χ2n) is 4.76. The van der Waals surface area contributed by atoms with Gasteiger partial charge in [0.2, 0.25) is 0 Å². The number of amides is 2. The lowest BCUT2D eigenvalue weighted by Gasteiger charge is -2.30. The van der Waals surface area contributed by atoms with Gasteiger partial charge in [-0.15, -0.1) is 11.3 Å². The molecule has 0 bridgehead atoms. The molecule has 8 heteroatoms. The number of likely N-dealkylation sites (tertiary alicyclic amines) is 1. The molecule has 0 aromatic carbocycles. The van der Waals surface area contributed by atoms with Gasteiger partial charge in [-0.05, 0) is 12.8 Å². The Labute approximate surface area is 120 Å². The minimum Gasteiger partial charge on any atom is -0.476 e. The van der Waals surface area contributed by atoms with Crippen molar-refractivity contribution in [2.75, 3.05) is 19.6 Å². The van der Waals surface area contributed by atoms with E-state index in [1.807, 2.05) is 0 Å². The number of carbonyl (C=O) groups excluding carboxylic acids is 1. The van der Waals surface area contributed by atoms with Gasteiger partial charge in [-0.25, -0.2) is 14.6 Å². The van der Waals surface area contributed by atoms with Crippen LogP contribution in [0.2, 0.25) is 0 Å². The van der Waals surface area contributed by atoms with Crippen molar-refractivity contribution in [2.24, 2.45) is 5.73 Å². The Bertz CT molecular complexity index is 491. The Morgan fingerprint density at radius 2 is 2.40 bits per heavy atom. The minimum absolute atomic E-state index is 0.0540. The summed E-state index contributed by atoms with van der Waals surface area (Å²) < 4.78 is 0. The van der Waals surface area contributed by atoms with Crippen molar-refractivity contribution < 1.29 is 14.7 Å². The number of nitrogens with two attached hydrogens (primary N) is 1. The fraction of sp³-hybridized carbons (Fsp3) is 0.583. The lowest BCUT2D eigenvalue weighted by atomic mass is 10.1. The monoisotopic (exact) mass is 298 g/mol. The van der Waals surface area contributed by atoms with E-state index in [4.69, 9.17) is 10.8 Å². The highest BCUT2D eigenvalue weighted by Crippen LogP contribution is 2.10. The van der Waals surface area contributed by atoms with Gasteiger partial charge in [-0.2, -0.15) is 0 Å². The standard InChI is InChI=1S/C12H18N4O3S/c13-8-2-1-5-16(6-8)12(19)14-4-3-10-15-9(7-20-10)11(17)18/h7-8H,1-6,13H2,(H,14,19)(H,17,18). The predicted molar refractivity (Wildman–Crippen MR) is 75.0 cm³/mol. The van der Waals surface area contributed by atoms with Crippen LogP contribution in [0.15, 0.2) is 5.38 Å². The molecule has 1 aliphatic rings. The number of hydrogen-bond donors (Lipinski definition) is 3. The fourth-order valence-electron chi connectivity index (χ4n) is 2.11. The van der Waals surface area contributed by atoms with E-state index >= 15 is 0 Å². The maximum absolute atomic E-state index is 11.9. The number of piperidine rings is 1. The van der Waals surface area contributed by atoms with E-state index in [0.717, 1.165) is 19.4 Å². The SMILES string of the molecule is NC1CCCN(C(=O)NCCc2nc(C(=O)O)cs2)C1. The van der Waals surface area contributed by atoms with Gasteiger partial charge in [0.05, 0.1) is 5.01 Å². The Kier molecular flexibility index (Phi) is 4.91. The lowest BCUT2D eigenvalue weighted by molar-refractivity contribution is 0.0691. The second kappa shape index (κ2) is 6.67. The molecule has 1 aromatic heterocycles. The molecule has 2 rings (SSSR count). The molecule has 2 heterocycles. The van der Waals surface area contributed by atoms with Crippen molar-refractivity contribution in [3.05, 3.63) is 16.1 Å². The highest BCUT2D eigenvalue weighted by Gasteiger charge is 2.20. The van der Waals surface area contributed by atoms with Gasteiger partial charge in [0, 0.05) is 37.5 Å². The van der Waals surface area contributed by atoms with E-state index in [-0.39, 0.29) is 17.8 Å². The van der Waals surface area contributed by atoms with Crippen molar-refractivity contribution in [1.29, 1.82) is 0 Å². The highest BCUT2D eigenvalue weighted by molar-refractivity contribution is 7.09. The quantitative estimate of drug-likeness (QED) is 0.751. The topological polar surface area (TPSA) is 109 Å². The Morgan fingerprint density at radius 1 is 1.60 bits per heavy atom. The average molecular weight is 298 g/mol. The van der Waals surface area contributed by atoms with Crippen LogP contribution in [0, 0.1) is 0 Å². The predicted octanol–water partition coefficient (Wildman–Crippen LogP) is 0.516. The van der Waals surface area contributed by atoms with Crippen LogP contribution in [0.1, 0.15) is 28.3 Å². The van der Waals surface area contributed by atoms with Crippen molar-refractivity contribution >= 4 is 23.3 Å². The molecule has 1 saturated heterocycles.